The van der Waals surface area contributed by atoms with Gasteiger partial charge < -0.3 is 24.6 Å². The minimum atomic E-state index is -0.547. The molecule has 2 bridgehead atoms. The Morgan fingerprint density at radius 1 is 1.00 bits per heavy atom. The molecule has 1 atom stereocenters. The molecule has 1 saturated heterocycles. The minimum absolute atomic E-state index is 0.0132. The van der Waals surface area contributed by atoms with E-state index in [9.17, 15) is 9.59 Å². The lowest BCUT2D eigenvalue weighted by Crippen LogP contribution is -2.51. The number of aromatic nitrogens is 1. The fourth-order valence-corrected chi connectivity index (χ4v) is 5.32. The summed E-state index contributed by atoms with van der Waals surface area (Å²) < 4.78 is 11.7. The molecule has 1 N–H and O–H groups in total. The molecule has 4 heterocycles. The summed E-state index contributed by atoms with van der Waals surface area (Å²) in [7, 11) is 0. The van der Waals surface area contributed by atoms with E-state index in [1.54, 1.807) is 18.3 Å². The molecule has 0 spiro atoms. The Morgan fingerprint density at radius 2 is 1.82 bits per heavy atom. The van der Waals surface area contributed by atoms with Gasteiger partial charge in [-0.2, -0.15) is 0 Å². The number of hydrogen-bond acceptors (Lipinski definition) is 6. The number of benzene rings is 1. The zero-order valence-electron chi connectivity index (χ0n) is 22.6. The Balaban J connectivity index is 1.43. The van der Waals surface area contributed by atoms with Gasteiger partial charge in [0.25, 0.3) is 5.91 Å². The SMILES string of the molecule is CCC[C@H]1NC(=O)c2cccnc2OCCOCCN(CCCc2ccccc2)CC2CCN(CC2)C1=O. The van der Waals surface area contributed by atoms with Crippen molar-refractivity contribution in [1.29, 1.82) is 0 Å². The van der Waals surface area contributed by atoms with Gasteiger partial charge in [0.05, 0.1) is 13.2 Å². The van der Waals surface area contributed by atoms with Gasteiger partial charge in [0.1, 0.15) is 18.2 Å². The highest BCUT2D eigenvalue weighted by Gasteiger charge is 2.30. The fraction of sp³-hybridized carbons (Fsp3) is 0.567. The number of nitrogens with one attached hydrogen (secondary N) is 1. The Bertz CT molecular complexity index is 1010. The normalized spacial score (nSPS) is 22.2. The van der Waals surface area contributed by atoms with Crippen LogP contribution in [0.25, 0.3) is 0 Å². The standard InChI is InChI=1S/C30H42N4O4/c1-2-8-27-30(36)34-17-13-25(14-18-34)23-33(16-7-11-24-9-4-3-5-10-24)19-20-37-21-22-38-29-26(28(35)32-27)12-6-15-31-29/h3-6,9-10,12,15,25,27H,2,7-8,11,13-14,16-23H2,1H3,(H,32,35)/t27-/m1/s1. The van der Waals surface area contributed by atoms with Crippen molar-refractivity contribution < 1.29 is 19.1 Å². The fourth-order valence-electron chi connectivity index (χ4n) is 5.32. The Hall–Kier alpha value is -2.97. The van der Waals surface area contributed by atoms with Crippen molar-refractivity contribution in [1.82, 2.24) is 20.1 Å². The van der Waals surface area contributed by atoms with Gasteiger partial charge >= 0.3 is 0 Å². The van der Waals surface area contributed by atoms with E-state index < -0.39 is 6.04 Å². The number of carbonyl (C=O) groups excluding carboxylic acids is 2. The summed E-state index contributed by atoms with van der Waals surface area (Å²) in [6, 6.07) is 13.5. The van der Waals surface area contributed by atoms with Crippen molar-refractivity contribution in [2.24, 2.45) is 5.92 Å². The number of fused-ring (bicyclic) bond motifs is 12. The van der Waals surface area contributed by atoms with Crippen molar-refractivity contribution in [2.75, 3.05) is 52.5 Å². The maximum Gasteiger partial charge on any atom is 0.257 e. The summed E-state index contributed by atoms with van der Waals surface area (Å²) in [6.07, 6.45) is 7.14. The van der Waals surface area contributed by atoms with Crippen molar-refractivity contribution in [2.45, 2.75) is 51.5 Å². The first-order valence-electron chi connectivity index (χ1n) is 14.2. The van der Waals surface area contributed by atoms with Crippen LogP contribution in [0.2, 0.25) is 0 Å². The topological polar surface area (TPSA) is 84.0 Å². The number of hydrogen-bond donors (Lipinski definition) is 1. The number of nitrogens with zero attached hydrogens (tertiary/aromatic N) is 3. The van der Waals surface area contributed by atoms with Crippen LogP contribution in [-0.2, 0) is 16.0 Å². The number of piperidine rings is 1. The summed E-state index contributed by atoms with van der Waals surface area (Å²) in [5, 5.41) is 2.96. The number of pyridine rings is 1. The third kappa shape index (κ3) is 8.27. The van der Waals surface area contributed by atoms with E-state index >= 15 is 0 Å². The molecule has 0 aliphatic carbocycles. The van der Waals surface area contributed by atoms with Gasteiger partial charge in [-0.1, -0.05) is 43.7 Å². The third-order valence-corrected chi connectivity index (χ3v) is 7.44. The van der Waals surface area contributed by atoms with Crippen LogP contribution >= 0.6 is 0 Å². The molecule has 3 aliphatic rings. The van der Waals surface area contributed by atoms with Gasteiger partial charge in [0.15, 0.2) is 0 Å². The third-order valence-electron chi connectivity index (χ3n) is 7.44. The first-order chi connectivity index (χ1) is 18.6. The van der Waals surface area contributed by atoms with Crippen molar-refractivity contribution >= 4 is 11.8 Å². The quantitative estimate of drug-likeness (QED) is 0.584. The molecule has 1 fully saturated rings. The Morgan fingerprint density at radius 3 is 2.61 bits per heavy atom. The van der Waals surface area contributed by atoms with E-state index in [0.29, 0.717) is 37.7 Å². The van der Waals surface area contributed by atoms with Gasteiger partial charge in [-0.3, -0.25) is 9.59 Å². The predicted octanol–water partition coefficient (Wildman–Crippen LogP) is 3.56. The molecular formula is C30H42N4O4. The van der Waals surface area contributed by atoms with E-state index in [0.717, 1.165) is 64.8 Å². The highest BCUT2D eigenvalue weighted by molar-refractivity contribution is 5.99. The summed E-state index contributed by atoms with van der Waals surface area (Å²) in [6.45, 7) is 7.75. The molecule has 0 radical (unpaired) electrons. The minimum Gasteiger partial charge on any atom is -0.475 e. The smallest absolute Gasteiger partial charge is 0.257 e. The monoisotopic (exact) mass is 522 g/mol. The van der Waals surface area contributed by atoms with E-state index in [1.807, 2.05) is 11.8 Å². The molecule has 3 aliphatic heterocycles. The molecule has 8 nitrogen and oxygen atoms in total. The molecular weight excluding hydrogens is 480 g/mol. The lowest BCUT2D eigenvalue weighted by atomic mass is 9.95. The number of rotatable bonds is 6. The van der Waals surface area contributed by atoms with Gasteiger partial charge in [0, 0.05) is 32.4 Å². The van der Waals surface area contributed by atoms with Crippen molar-refractivity contribution in [3.63, 3.8) is 0 Å². The van der Waals surface area contributed by atoms with E-state index in [1.165, 1.54) is 5.56 Å². The second kappa shape index (κ2) is 14.8. The second-order valence-electron chi connectivity index (χ2n) is 10.3. The molecule has 206 valence electrons. The number of aryl methyl sites for hydroxylation is 1. The van der Waals surface area contributed by atoms with E-state index in [-0.39, 0.29) is 17.7 Å². The van der Waals surface area contributed by atoms with Crippen LogP contribution < -0.4 is 10.1 Å². The van der Waals surface area contributed by atoms with Crippen LogP contribution in [0.3, 0.4) is 0 Å². The van der Waals surface area contributed by atoms with Gasteiger partial charge in [-0.15, -0.1) is 0 Å². The van der Waals surface area contributed by atoms with Crippen LogP contribution in [0.1, 0.15) is 54.9 Å². The average molecular weight is 523 g/mol. The Labute approximate surface area is 226 Å². The molecule has 1 aromatic heterocycles. The molecule has 38 heavy (non-hydrogen) atoms. The van der Waals surface area contributed by atoms with Crippen LogP contribution in [0.5, 0.6) is 5.88 Å². The number of amides is 2. The molecule has 5 rings (SSSR count). The first-order valence-corrected chi connectivity index (χ1v) is 14.2. The summed E-state index contributed by atoms with van der Waals surface area (Å²) >= 11 is 0. The molecule has 0 unspecified atom stereocenters. The number of ether oxygens (including phenoxy) is 2. The van der Waals surface area contributed by atoms with Crippen LogP contribution in [0.15, 0.2) is 48.7 Å². The molecule has 8 heteroatoms. The largest absolute Gasteiger partial charge is 0.475 e. The van der Waals surface area contributed by atoms with Gasteiger partial charge in [-0.05, 0) is 62.3 Å². The first kappa shape index (κ1) is 28.0. The van der Waals surface area contributed by atoms with Crippen LogP contribution in [0.4, 0.5) is 0 Å². The highest BCUT2D eigenvalue weighted by Crippen LogP contribution is 2.21. The summed E-state index contributed by atoms with van der Waals surface area (Å²) in [4.78, 5) is 35.2. The lowest BCUT2D eigenvalue weighted by Gasteiger charge is -2.36. The van der Waals surface area contributed by atoms with Gasteiger partial charge in [0.2, 0.25) is 11.8 Å². The van der Waals surface area contributed by atoms with E-state index in [2.05, 4.69) is 45.5 Å². The zero-order valence-corrected chi connectivity index (χ0v) is 22.6. The van der Waals surface area contributed by atoms with Gasteiger partial charge in [-0.25, -0.2) is 4.98 Å². The van der Waals surface area contributed by atoms with Crippen molar-refractivity contribution in [3.8, 4) is 5.88 Å². The summed E-state index contributed by atoms with van der Waals surface area (Å²) in [5.41, 5.74) is 1.71. The maximum absolute atomic E-state index is 13.4. The highest BCUT2D eigenvalue weighted by atomic mass is 16.5. The van der Waals surface area contributed by atoms with Crippen LogP contribution in [0, 0.1) is 5.92 Å². The second-order valence-corrected chi connectivity index (χ2v) is 10.3. The molecule has 1 aromatic carbocycles. The van der Waals surface area contributed by atoms with Crippen LogP contribution in [-0.4, -0.2) is 85.2 Å². The average Bonchev–Trinajstić information content (AvgIpc) is 2.95. The predicted molar refractivity (Wildman–Crippen MR) is 147 cm³/mol. The van der Waals surface area contributed by atoms with E-state index in [4.69, 9.17) is 9.47 Å². The molecule has 0 saturated carbocycles. The zero-order chi connectivity index (χ0) is 26.6. The lowest BCUT2D eigenvalue weighted by molar-refractivity contribution is -0.135. The maximum atomic E-state index is 13.4. The molecule has 2 amide bonds. The molecule has 2 aromatic rings. The summed E-state index contributed by atoms with van der Waals surface area (Å²) in [5.74, 6) is 0.498. The number of carbonyl (C=O) groups is 2. The van der Waals surface area contributed by atoms with Crippen molar-refractivity contribution in [3.05, 3.63) is 59.8 Å². The Kier molecular flexibility index (Phi) is 10.9.